The summed E-state index contributed by atoms with van der Waals surface area (Å²) in [6.45, 7) is 0.496. The Bertz CT molecular complexity index is 542. The van der Waals surface area contributed by atoms with Crippen molar-refractivity contribution >= 4 is 21.8 Å². The van der Waals surface area contributed by atoms with Gasteiger partial charge in [0.25, 0.3) is 5.91 Å². The highest BCUT2D eigenvalue weighted by molar-refractivity contribution is 9.10. The lowest BCUT2D eigenvalue weighted by Crippen LogP contribution is -2.25. The van der Waals surface area contributed by atoms with E-state index in [1.54, 1.807) is 12.5 Å². The van der Waals surface area contributed by atoms with Gasteiger partial charge in [0.15, 0.2) is 0 Å². The molecule has 0 aliphatic heterocycles. The van der Waals surface area contributed by atoms with E-state index < -0.39 is 0 Å². The molecule has 0 aliphatic carbocycles. The summed E-state index contributed by atoms with van der Waals surface area (Å²) in [5.41, 5.74) is 1.38. The maximum atomic E-state index is 13.0. The predicted octanol–water partition coefficient (Wildman–Crippen LogP) is 2.28. The second-order valence-corrected chi connectivity index (χ2v) is 4.57. The molecule has 0 fully saturated rings. The first-order valence-electron chi connectivity index (χ1n) is 5.37. The van der Waals surface area contributed by atoms with Crippen molar-refractivity contribution in [2.24, 2.45) is 0 Å². The van der Waals surface area contributed by atoms with Crippen LogP contribution in [0.5, 0.6) is 0 Å². The van der Waals surface area contributed by atoms with Crippen LogP contribution in [0.4, 0.5) is 4.39 Å². The number of carbonyl (C=O) groups is 1. The van der Waals surface area contributed by atoms with Gasteiger partial charge in [0.2, 0.25) is 0 Å². The third-order valence-corrected chi connectivity index (χ3v) is 3.02. The Morgan fingerprint density at radius 1 is 1.50 bits per heavy atom. The lowest BCUT2D eigenvalue weighted by molar-refractivity contribution is 0.0954. The average molecular weight is 312 g/mol. The zero-order valence-corrected chi connectivity index (χ0v) is 11.0. The number of aromatic nitrogens is 2. The molecule has 2 aromatic rings. The Morgan fingerprint density at radius 2 is 2.33 bits per heavy atom. The number of benzene rings is 1. The number of H-pyrrole nitrogens is 1. The number of hydrogen-bond acceptors (Lipinski definition) is 2. The number of hydrogen-bond donors (Lipinski definition) is 2. The van der Waals surface area contributed by atoms with Gasteiger partial charge >= 0.3 is 0 Å². The standard InChI is InChI=1S/C12H11BrFN3O/c13-10-5-8(1-2-11(10)14)12(18)16-4-3-9-6-15-7-17-9/h1-2,5-7H,3-4H2,(H,15,17)(H,16,18). The zero-order valence-electron chi connectivity index (χ0n) is 9.41. The summed E-state index contributed by atoms with van der Waals surface area (Å²) in [5, 5.41) is 2.75. The molecule has 1 aromatic carbocycles. The van der Waals surface area contributed by atoms with Crippen LogP contribution in [0.25, 0.3) is 0 Å². The summed E-state index contributed by atoms with van der Waals surface area (Å²) < 4.78 is 13.3. The molecule has 0 bridgehead atoms. The fraction of sp³-hybridized carbons (Fsp3) is 0.167. The first-order chi connectivity index (χ1) is 8.66. The lowest BCUT2D eigenvalue weighted by atomic mass is 10.2. The number of carbonyl (C=O) groups excluding carboxylic acids is 1. The van der Waals surface area contributed by atoms with E-state index in [4.69, 9.17) is 0 Å². The topological polar surface area (TPSA) is 57.8 Å². The summed E-state index contributed by atoms with van der Waals surface area (Å²) in [4.78, 5) is 18.6. The van der Waals surface area contributed by atoms with Gasteiger partial charge in [-0.2, -0.15) is 0 Å². The van der Waals surface area contributed by atoms with Crippen LogP contribution in [-0.2, 0) is 6.42 Å². The molecule has 18 heavy (non-hydrogen) atoms. The van der Waals surface area contributed by atoms with E-state index in [1.807, 2.05) is 0 Å². The third-order valence-electron chi connectivity index (χ3n) is 2.42. The number of amides is 1. The van der Waals surface area contributed by atoms with Gasteiger partial charge in [0.1, 0.15) is 5.82 Å². The Labute approximate surface area is 112 Å². The van der Waals surface area contributed by atoms with Crippen LogP contribution in [0.3, 0.4) is 0 Å². The summed E-state index contributed by atoms with van der Waals surface area (Å²) in [6.07, 6.45) is 3.98. The van der Waals surface area contributed by atoms with E-state index >= 15 is 0 Å². The molecular weight excluding hydrogens is 301 g/mol. The molecule has 1 aromatic heterocycles. The number of aromatic amines is 1. The van der Waals surface area contributed by atoms with Crippen molar-refractivity contribution in [3.63, 3.8) is 0 Å². The first-order valence-corrected chi connectivity index (χ1v) is 6.16. The molecule has 2 N–H and O–H groups in total. The second kappa shape index (κ2) is 5.77. The minimum absolute atomic E-state index is 0.227. The first kappa shape index (κ1) is 12.8. The molecule has 0 unspecified atom stereocenters. The summed E-state index contributed by atoms with van der Waals surface area (Å²) >= 11 is 3.05. The fourth-order valence-electron chi connectivity index (χ4n) is 1.47. The number of imidazole rings is 1. The molecule has 0 saturated heterocycles. The largest absolute Gasteiger partial charge is 0.352 e. The lowest BCUT2D eigenvalue weighted by Gasteiger charge is -2.05. The summed E-state index contributed by atoms with van der Waals surface area (Å²) in [7, 11) is 0. The van der Waals surface area contributed by atoms with Gasteiger partial charge in [-0.3, -0.25) is 4.79 Å². The predicted molar refractivity (Wildman–Crippen MR) is 68.7 cm³/mol. The van der Waals surface area contributed by atoms with Crippen molar-refractivity contribution in [1.82, 2.24) is 15.3 Å². The van der Waals surface area contributed by atoms with Gasteiger partial charge < -0.3 is 10.3 Å². The van der Waals surface area contributed by atoms with Gasteiger partial charge in [-0.1, -0.05) is 0 Å². The van der Waals surface area contributed by atoms with Crippen molar-refractivity contribution < 1.29 is 9.18 Å². The highest BCUT2D eigenvalue weighted by Gasteiger charge is 2.07. The number of rotatable bonds is 4. The Morgan fingerprint density at radius 3 is 3.00 bits per heavy atom. The average Bonchev–Trinajstić information content (AvgIpc) is 2.85. The number of nitrogens with zero attached hydrogens (tertiary/aromatic N) is 1. The highest BCUT2D eigenvalue weighted by Crippen LogP contribution is 2.16. The van der Waals surface area contributed by atoms with E-state index in [2.05, 4.69) is 31.2 Å². The van der Waals surface area contributed by atoms with Crippen molar-refractivity contribution in [2.75, 3.05) is 6.54 Å². The maximum absolute atomic E-state index is 13.0. The Balaban J connectivity index is 1.89. The minimum atomic E-state index is -0.385. The van der Waals surface area contributed by atoms with E-state index in [0.717, 1.165) is 5.69 Å². The van der Waals surface area contributed by atoms with Crippen LogP contribution in [0.1, 0.15) is 16.1 Å². The molecule has 0 saturated carbocycles. The van der Waals surface area contributed by atoms with Crippen LogP contribution in [0.15, 0.2) is 35.2 Å². The normalized spacial score (nSPS) is 10.3. The van der Waals surface area contributed by atoms with Gasteiger partial charge in [-0.05, 0) is 34.1 Å². The van der Waals surface area contributed by atoms with Crippen LogP contribution in [-0.4, -0.2) is 22.4 Å². The van der Waals surface area contributed by atoms with E-state index in [0.29, 0.717) is 18.5 Å². The molecule has 0 radical (unpaired) electrons. The van der Waals surface area contributed by atoms with E-state index in [-0.39, 0.29) is 16.2 Å². The van der Waals surface area contributed by atoms with Crippen molar-refractivity contribution in [2.45, 2.75) is 6.42 Å². The van der Waals surface area contributed by atoms with Crippen LogP contribution in [0, 0.1) is 5.82 Å². The maximum Gasteiger partial charge on any atom is 0.251 e. The Kier molecular flexibility index (Phi) is 4.09. The monoisotopic (exact) mass is 311 g/mol. The SMILES string of the molecule is O=C(NCCc1cnc[nH]1)c1ccc(F)c(Br)c1. The molecule has 6 heteroatoms. The summed E-state index contributed by atoms with van der Waals surface area (Å²) in [5.74, 6) is -0.612. The second-order valence-electron chi connectivity index (χ2n) is 3.71. The van der Waals surface area contributed by atoms with Crippen LogP contribution >= 0.6 is 15.9 Å². The van der Waals surface area contributed by atoms with Gasteiger partial charge in [-0.15, -0.1) is 0 Å². The van der Waals surface area contributed by atoms with Gasteiger partial charge in [0.05, 0.1) is 10.8 Å². The van der Waals surface area contributed by atoms with Crippen molar-refractivity contribution in [3.05, 3.63) is 52.3 Å². The molecule has 4 nitrogen and oxygen atoms in total. The molecule has 2 rings (SSSR count). The van der Waals surface area contributed by atoms with E-state index in [1.165, 1.54) is 18.2 Å². The highest BCUT2D eigenvalue weighted by atomic mass is 79.9. The quantitative estimate of drug-likeness (QED) is 0.910. The summed E-state index contributed by atoms with van der Waals surface area (Å²) in [6, 6.07) is 4.17. The fourth-order valence-corrected chi connectivity index (χ4v) is 1.85. The smallest absolute Gasteiger partial charge is 0.251 e. The zero-order chi connectivity index (χ0) is 13.0. The molecule has 1 amide bonds. The van der Waals surface area contributed by atoms with Gasteiger partial charge in [0, 0.05) is 30.4 Å². The van der Waals surface area contributed by atoms with Gasteiger partial charge in [-0.25, -0.2) is 9.37 Å². The Hall–Kier alpha value is -1.69. The molecule has 94 valence electrons. The van der Waals surface area contributed by atoms with E-state index in [9.17, 15) is 9.18 Å². The minimum Gasteiger partial charge on any atom is -0.352 e. The number of halogens is 2. The molecular formula is C12H11BrFN3O. The molecule has 0 spiro atoms. The third kappa shape index (κ3) is 3.16. The van der Waals surface area contributed by atoms with Crippen LogP contribution in [0.2, 0.25) is 0 Å². The number of nitrogens with one attached hydrogen (secondary N) is 2. The molecule has 0 aliphatic rings. The van der Waals surface area contributed by atoms with Crippen molar-refractivity contribution in [3.8, 4) is 0 Å². The van der Waals surface area contributed by atoms with Crippen LogP contribution < -0.4 is 5.32 Å². The van der Waals surface area contributed by atoms with Crippen molar-refractivity contribution in [1.29, 1.82) is 0 Å². The molecule has 0 atom stereocenters. The molecule has 1 heterocycles.